The maximum Gasteiger partial charge on any atom is 0.306 e. The number of carboxylic acid groups (broad SMARTS) is 1. The molecule has 0 amide bonds. The largest absolute Gasteiger partial charge is 0.489 e. The minimum atomic E-state index is -0.780. The highest BCUT2D eigenvalue weighted by molar-refractivity contribution is 6.45. The molecule has 3 aliphatic carbocycles. The Kier molecular flexibility index (Phi) is 4.92. The Bertz CT molecular complexity index is 800. The molecule has 6 heteroatoms. The fourth-order valence-corrected chi connectivity index (χ4v) is 5.72. The second-order valence-corrected chi connectivity index (χ2v) is 9.29. The van der Waals surface area contributed by atoms with Crippen LogP contribution in [0.15, 0.2) is 6.07 Å². The second kappa shape index (κ2) is 6.97. The van der Waals surface area contributed by atoms with Gasteiger partial charge >= 0.3 is 5.97 Å². The minimum absolute atomic E-state index is 0.106. The molecular formula is C21H24Cl2O4. The first kappa shape index (κ1) is 19.1. The van der Waals surface area contributed by atoms with E-state index in [0.717, 1.165) is 18.4 Å². The van der Waals surface area contributed by atoms with Crippen LogP contribution >= 0.6 is 23.2 Å². The molecule has 4 rings (SSSR count). The maximum atomic E-state index is 13.2. The van der Waals surface area contributed by atoms with E-state index in [4.69, 9.17) is 27.9 Å². The molecule has 2 unspecified atom stereocenters. The Balaban J connectivity index is 1.61. The van der Waals surface area contributed by atoms with Gasteiger partial charge in [0.05, 0.1) is 17.0 Å². The number of Topliss-reactive ketones (excluding diaryl/α,β-unsaturated/α-hetero) is 1. The minimum Gasteiger partial charge on any atom is -0.489 e. The van der Waals surface area contributed by atoms with E-state index in [9.17, 15) is 14.7 Å². The van der Waals surface area contributed by atoms with Gasteiger partial charge in [-0.3, -0.25) is 9.59 Å². The number of fused-ring (bicyclic) bond motifs is 1. The van der Waals surface area contributed by atoms with E-state index in [1.165, 1.54) is 12.8 Å². The lowest BCUT2D eigenvalue weighted by molar-refractivity contribution is -0.141. The third kappa shape index (κ3) is 3.15. The summed E-state index contributed by atoms with van der Waals surface area (Å²) in [5.41, 5.74) is 1.05. The highest BCUT2D eigenvalue weighted by Gasteiger charge is 2.49. The first-order chi connectivity index (χ1) is 12.8. The standard InChI is InChI=1S/C21H24Cl2O4/c1-21(13-4-2-3-5-13)10-12-9-15(17(22)18(23)16(12)19(21)24)27-14-7-6-11(8-14)20(25)26/h9,11,13-14H,2-8,10H2,1H3,(H,25,26)/t11?,14?,21-/m0/s1. The van der Waals surface area contributed by atoms with Crippen molar-refractivity contribution in [3.05, 3.63) is 27.2 Å². The van der Waals surface area contributed by atoms with E-state index in [0.29, 0.717) is 42.9 Å². The van der Waals surface area contributed by atoms with Crippen molar-refractivity contribution in [3.8, 4) is 5.75 Å². The van der Waals surface area contributed by atoms with E-state index >= 15 is 0 Å². The van der Waals surface area contributed by atoms with E-state index < -0.39 is 11.4 Å². The Hall–Kier alpha value is -1.26. The summed E-state index contributed by atoms with van der Waals surface area (Å²) in [7, 11) is 0. The van der Waals surface area contributed by atoms with Crippen molar-refractivity contribution < 1.29 is 19.4 Å². The van der Waals surface area contributed by atoms with Crippen molar-refractivity contribution >= 4 is 35.0 Å². The fourth-order valence-electron chi connectivity index (χ4n) is 5.23. The summed E-state index contributed by atoms with van der Waals surface area (Å²) in [4.78, 5) is 24.4. The molecule has 0 aromatic heterocycles. The lowest BCUT2D eigenvalue weighted by Gasteiger charge is -2.29. The van der Waals surface area contributed by atoms with Crippen LogP contribution in [0, 0.1) is 17.3 Å². The SMILES string of the molecule is C[C@@]1(C2CCCC2)Cc2cc(OC3CCC(C(=O)O)C3)c(Cl)c(Cl)c2C1=O. The highest BCUT2D eigenvalue weighted by Crippen LogP contribution is 2.52. The number of halogens is 2. The Morgan fingerprint density at radius 1 is 1.19 bits per heavy atom. The number of benzene rings is 1. The molecule has 1 aromatic rings. The van der Waals surface area contributed by atoms with Gasteiger partial charge in [-0.1, -0.05) is 43.0 Å². The molecule has 3 atom stereocenters. The number of hydrogen-bond acceptors (Lipinski definition) is 3. The summed E-state index contributed by atoms with van der Waals surface area (Å²) in [6, 6.07) is 1.86. The molecular weight excluding hydrogens is 387 g/mol. The van der Waals surface area contributed by atoms with Crippen LogP contribution in [0.4, 0.5) is 0 Å². The fraction of sp³-hybridized carbons (Fsp3) is 0.619. The Labute approximate surface area is 169 Å². The summed E-state index contributed by atoms with van der Waals surface area (Å²) in [5.74, 6) is -0.180. The molecule has 0 bridgehead atoms. The summed E-state index contributed by atoms with van der Waals surface area (Å²) < 4.78 is 6.03. The number of hydrogen-bond donors (Lipinski definition) is 1. The van der Waals surface area contributed by atoms with Crippen molar-refractivity contribution in [3.63, 3.8) is 0 Å². The van der Waals surface area contributed by atoms with Crippen LogP contribution < -0.4 is 4.74 Å². The van der Waals surface area contributed by atoms with Gasteiger partial charge in [0, 0.05) is 11.0 Å². The van der Waals surface area contributed by atoms with Crippen LogP contribution in [-0.4, -0.2) is 23.0 Å². The predicted octanol–water partition coefficient (Wildman–Crippen LogP) is 5.56. The summed E-state index contributed by atoms with van der Waals surface area (Å²) in [6.07, 6.45) is 6.78. The van der Waals surface area contributed by atoms with E-state index in [-0.39, 0.29) is 27.9 Å². The molecule has 1 N–H and O–H groups in total. The summed E-state index contributed by atoms with van der Waals surface area (Å²) in [6.45, 7) is 2.06. The monoisotopic (exact) mass is 410 g/mol. The number of carbonyl (C=O) groups excluding carboxylic acids is 1. The topological polar surface area (TPSA) is 63.6 Å². The average molecular weight is 411 g/mol. The van der Waals surface area contributed by atoms with Gasteiger partial charge in [0.1, 0.15) is 10.8 Å². The van der Waals surface area contributed by atoms with Gasteiger partial charge in [-0.2, -0.15) is 0 Å². The van der Waals surface area contributed by atoms with E-state index in [1.54, 1.807) is 0 Å². The molecule has 0 saturated heterocycles. The first-order valence-corrected chi connectivity index (χ1v) is 10.5. The van der Waals surface area contributed by atoms with Gasteiger partial charge in [0.2, 0.25) is 0 Å². The molecule has 4 nitrogen and oxygen atoms in total. The lowest BCUT2D eigenvalue weighted by Crippen LogP contribution is -2.32. The number of carbonyl (C=O) groups is 2. The van der Waals surface area contributed by atoms with Crippen molar-refractivity contribution in [2.24, 2.45) is 17.3 Å². The van der Waals surface area contributed by atoms with E-state index in [1.807, 2.05) is 6.07 Å². The Morgan fingerprint density at radius 2 is 1.89 bits per heavy atom. The van der Waals surface area contributed by atoms with Gasteiger partial charge in [-0.05, 0) is 56.1 Å². The zero-order valence-electron chi connectivity index (χ0n) is 15.4. The molecule has 0 radical (unpaired) electrons. The molecule has 2 fully saturated rings. The van der Waals surface area contributed by atoms with Gasteiger partial charge in [-0.15, -0.1) is 0 Å². The van der Waals surface area contributed by atoms with E-state index in [2.05, 4.69) is 6.92 Å². The molecule has 146 valence electrons. The normalized spacial score (nSPS) is 30.7. The molecule has 0 spiro atoms. The van der Waals surface area contributed by atoms with Crippen LogP contribution in [0.1, 0.15) is 67.8 Å². The van der Waals surface area contributed by atoms with Gasteiger partial charge < -0.3 is 9.84 Å². The molecule has 0 heterocycles. The maximum absolute atomic E-state index is 13.2. The zero-order valence-corrected chi connectivity index (χ0v) is 16.9. The third-order valence-electron chi connectivity index (χ3n) is 6.84. The first-order valence-electron chi connectivity index (χ1n) is 9.76. The van der Waals surface area contributed by atoms with Crippen LogP contribution in [0.3, 0.4) is 0 Å². The number of ether oxygens (including phenoxy) is 1. The van der Waals surface area contributed by atoms with Crippen molar-refractivity contribution in [2.75, 3.05) is 0 Å². The van der Waals surface area contributed by atoms with Gasteiger partial charge in [-0.25, -0.2) is 0 Å². The van der Waals surface area contributed by atoms with Crippen LogP contribution in [0.25, 0.3) is 0 Å². The number of ketones is 1. The summed E-state index contributed by atoms with van der Waals surface area (Å²) >= 11 is 13.0. The number of aliphatic carboxylic acids is 1. The molecule has 2 saturated carbocycles. The quantitative estimate of drug-likeness (QED) is 0.705. The van der Waals surface area contributed by atoms with Crippen LogP contribution in [-0.2, 0) is 11.2 Å². The van der Waals surface area contributed by atoms with Crippen molar-refractivity contribution in [2.45, 2.75) is 64.4 Å². The molecule has 0 aliphatic heterocycles. The third-order valence-corrected chi connectivity index (χ3v) is 7.69. The number of carboxylic acids is 1. The molecule has 3 aliphatic rings. The van der Waals surface area contributed by atoms with Crippen LogP contribution in [0.5, 0.6) is 5.75 Å². The van der Waals surface area contributed by atoms with Crippen molar-refractivity contribution in [1.29, 1.82) is 0 Å². The zero-order chi connectivity index (χ0) is 19.3. The predicted molar refractivity (Wildman–Crippen MR) is 104 cm³/mol. The van der Waals surface area contributed by atoms with Gasteiger partial charge in [0.15, 0.2) is 5.78 Å². The molecule has 27 heavy (non-hydrogen) atoms. The molecule has 1 aromatic carbocycles. The van der Waals surface area contributed by atoms with Gasteiger partial charge in [0.25, 0.3) is 0 Å². The smallest absolute Gasteiger partial charge is 0.306 e. The van der Waals surface area contributed by atoms with Crippen LogP contribution in [0.2, 0.25) is 10.0 Å². The average Bonchev–Trinajstić information content (AvgIpc) is 3.34. The van der Waals surface area contributed by atoms with Crippen molar-refractivity contribution in [1.82, 2.24) is 0 Å². The highest BCUT2D eigenvalue weighted by atomic mass is 35.5. The Morgan fingerprint density at radius 3 is 2.52 bits per heavy atom. The summed E-state index contributed by atoms with van der Waals surface area (Å²) in [5, 5.41) is 9.72. The second-order valence-electron chi connectivity index (χ2n) is 8.53. The lowest BCUT2D eigenvalue weighted by atomic mass is 9.73. The number of rotatable bonds is 4.